The molecule has 1 saturated heterocycles. The first kappa shape index (κ1) is 22.3. The minimum absolute atomic E-state index is 0.0636. The molecular formula is C22H29N3O4S. The van der Waals surface area contributed by atoms with E-state index in [2.05, 4.69) is 43.5 Å². The van der Waals surface area contributed by atoms with Crippen LogP contribution in [-0.4, -0.2) is 65.2 Å². The van der Waals surface area contributed by atoms with Gasteiger partial charge in [-0.1, -0.05) is 24.3 Å². The zero-order chi connectivity index (χ0) is 21.6. The number of benzene rings is 2. The normalized spacial score (nSPS) is 16.3. The third-order valence-corrected chi connectivity index (χ3v) is 6.88. The van der Waals surface area contributed by atoms with E-state index in [1.165, 1.54) is 37.1 Å². The summed E-state index contributed by atoms with van der Waals surface area (Å²) in [4.78, 5) is 16.5. The number of nitrogens with one attached hydrogen (secondary N) is 1. The van der Waals surface area contributed by atoms with Gasteiger partial charge in [0.1, 0.15) is 0 Å². The molecule has 162 valence electrons. The van der Waals surface area contributed by atoms with Crippen molar-refractivity contribution >= 4 is 21.7 Å². The van der Waals surface area contributed by atoms with E-state index < -0.39 is 16.0 Å². The van der Waals surface area contributed by atoms with Gasteiger partial charge in [-0.25, -0.2) is 17.9 Å². The van der Waals surface area contributed by atoms with Crippen molar-refractivity contribution in [2.45, 2.75) is 24.3 Å². The lowest BCUT2D eigenvalue weighted by Gasteiger charge is -2.36. The summed E-state index contributed by atoms with van der Waals surface area (Å²) in [6.45, 7) is 6.52. The summed E-state index contributed by atoms with van der Waals surface area (Å²) in [5, 5.41) is 0. The van der Waals surface area contributed by atoms with Crippen LogP contribution < -0.4 is 9.62 Å². The SMILES string of the molecule is COC(=O)c1cccc(S(=O)(=O)N[C@H](C)CCN2CCN(c3ccccc3)CC2)c1. The van der Waals surface area contributed by atoms with Gasteiger partial charge in [-0.05, 0) is 50.2 Å². The Hall–Kier alpha value is -2.42. The molecule has 0 unspecified atom stereocenters. The highest BCUT2D eigenvalue weighted by Crippen LogP contribution is 2.16. The van der Waals surface area contributed by atoms with E-state index in [1.54, 1.807) is 0 Å². The Balaban J connectivity index is 1.49. The van der Waals surface area contributed by atoms with Gasteiger partial charge in [-0.2, -0.15) is 0 Å². The number of carbonyl (C=O) groups excluding carboxylic acids is 1. The number of sulfonamides is 1. The van der Waals surface area contributed by atoms with Crippen molar-refractivity contribution in [1.29, 1.82) is 0 Å². The van der Waals surface area contributed by atoms with Gasteiger partial charge in [-0.15, -0.1) is 0 Å². The van der Waals surface area contributed by atoms with Crippen LogP contribution in [0.15, 0.2) is 59.5 Å². The van der Waals surface area contributed by atoms with Crippen molar-refractivity contribution in [2.75, 3.05) is 44.7 Å². The van der Waals surface area contributed by atoms with Crippen LogP contribution in [0.3, 0.4) is 0 Å². The second-order valence-corrected chi connectivity index (χ2v) is 9.21. The minimum Gasteiger partial charge on any atom is -0.465 e. The molecule has 1 aliphatic heterocycles. The summed E-state index contributed by atoms with van der Waals surface area (Å²) in [6.07, 6.45) is 0.710. The average molecular weight is 432 g/mol. The molecule has 2 aromatic carbocycles. The lowest BCUT2D eigenvalue weighted by atomic mass is 10.2. The molecule has 2 aromatic rings. The molecule has 0 saturated carbocycles. The first-order chi connectivity index (χ1) is 14.4. The highest BCUT2D eigenvalue weighted by atomic mass is 32.2. The highest BCUT2D eigenvalue weighted by molar-refractivity contribution is 7.89. The number of nitrogens with zero attached hydrogens (tertiary/aromatic N) is 2. The van der Waals surface area contributed by atoms with E-state index >= 15 is 0 Å². The molecule has 1 fully saturated rings. The number of carbonyl (C=O) groups is 1. The highest BCUT2D eigenvalue weighted by Gasteiger charge is 2.21. The summed E-state index contributed by atoms with van der Waals surface area (Å²) < 4.78 is 32.7. The summed E-state index contributed by atoms with van der Waals surface area (Å²) in [5.41, 5.74) is 1.46. The molecule has 0 aliphatic carbocycles. The standard InChI is InChI=1S/C22H29N3O4S/c1-18(23-30(27,28)21-10-6-7-19(17-21)22(26)29-2)11-12-24-13-15-25(16-14-24)20-8-4-3-5-9-20/h3-10,17-18,23H,11-16H2,1-2H3/t18-/m1/s1. The molecular weight excluding hydrogens is 402 g/mol. The fourth-order valence-corrected chi connectivity index (χ4v) is 4.87. The van der Waals surface area contributed by atoms with Crippen molar-refractivity contribution in [1.82, 2.24) is 9.62 Å². The fraction of sp³-hybridized carbons (Fsp3) is 0.409. The Morgan fingerprint density at radius 3 is 2.43 bits per heavy atom. The smallest absolute Gasteiger partial charge is 0.337 e. The average Bonchev–Trinajstić information content (AvgIpc) is 2.78. The lowest BCUT2D eigenvalue weighted by Crippen LogP contribution is -2.47. The molecule has 1 heterocycles. The number of hydrogen-bond donors (Lipinski definition) is 1. The quantitative estimate of drug-likeness (QED) is 0.647. The van der Waals surface area contributed by atoms with Gasteiger partial charge in [0.15, 0.2) is 0 Å². The Morgan fingerprint density at radius 2 is 1.77 bits per heavy atom. The predicted molar refractivity (Wildman–Crippen MR) is 117 cm³/mol. The third kappa shape index (κ3) is 5.81. The maximum absolute atomic E-state index is 12.7. The second kappa shape index (κ2) is 10.1. The van der Waals surface area contributed by atoms with Crippen LogP contribution in [0.2, 0.25) is 0 Å². The number of esters is 1. The van der Waals surface area contributed by atoms with Crippen molar-refractivity contribution in [3.05, 3.63) is 60.2 Å². The van der Waals surface area contributed by atoms with Crippen molar-refractivity contribution < 1.29 is 17.9 Å². The van der Waals surface area contributed by atoms with Gasteiger partial charge in [-0.3, -0.25) is 4.90 Å². The Kier molecular flexibility index (Phi) is 7.47. The van der Waals surface area contributed by atoms with Crippen molar-refractivity contribution in [3.63, 3.8) is 0 Å². The summed E-state index contributed by atoms with van der Waals surface area (Å²) in [5.74, 6) is -0.560. The zero-order valence-corrected chi connectivity index (χ0v) is 18.3. The topological polar surface area (TPSA) is 78.9 Å². The number of hydrogen-bond acceptors (Lipinski definition) is 6. The van der Waals surface area contributed by atoms with Crippen molar-refractivity contribution in [2.24, 2.45) is 0 Å². The van der Waals surface area contributed by atoms with E-state index in [9.17, 15) is 13.2 Å². The summed E-state index contributed by atoms with van der Waals surface area (Å²) in [6, 6.07) is 16.0. The van der Waals surface area contributed by atoms with E-state index in [-0.39, 0.29) is 16.5 Å². The minimum atomic E-state index is -3.71. The number of ether oxygens (including phenoxy) is 1. The largest absolute Gasteiger partial charge is 0.465 e. The molecule has 0 amide bonds. The molecule has 30 heavy (non-hydrogen) atoms. The van der Waals surface area contributed by atoms with E-state index in [4.69, 9.17) is 0 Å². The predicted octanol–water partition coefficient (Wildman–Crippen LogP) is 2.35. The molecule has 0 spiro atoms. The van der Waals surface area contributed by atoms with Crippen molar-refractivity contribution in [3.8, 4) is 0 Å². The van der Waals surface area contributed by atoms with Crippen LogP contribution >= 0.6 is 0 Å². The van der Waals surface area contributed by atoms with Gasteiger partial charge in [0.25, 0.3) is 0 Å². The van der Waals surface area contributed by atoms with Crippen LogP contribution in [0.4, 0.5) is 5.69 Å². The van der Waals surface area contributed by atoms with E-state index in [0.29, 0.717) is 6.42 Å². The maximum atomic E-state index is 12.7. The van der Waals surface area contributed by atoms with Gasteiger partial charge >= 0.3 is 5.97 Å². The van der Waals surface area contributed by atoms with Gasteiger partial charge in [0.2, 0.25) is 10.0 Å². The summed E-state index contributed by atoms with van der Waals surface area (Å²) in [7, 11) is -2.44. The Bertz CT molecular complexity index is 942. The molecule has 1 N–H and O–H groups in total. The molecule has 0 radical (unpaired) electrons. The first-order valence-electron chi connectivity index (χ1n) is 10.1. The molecule has 3 rings (SSSR count). The van der Waals surface area contributed by atoms with Crippen LogP contribution in [0.1, 0.15) is 23.7 Å². The van der Waals surface area contributed by atoms with Crippen LogP contribution in [0.25, 0.3) is 0 Å². The Labute approximate surface area is 178 Å². The Morgan fingerprint density at radius 1 is 1.07 bits per heavy atom. The second-order valence-electron chi connectivity index (χ2n) is 7.49. The van der Waals surface area contributed by atoms with Crippen LogP contribution in [-0.2, 0) is 14.8 Å². The first-order valence-corrected chi connectivity index (χ1v) is 11.6. The van der Waals surface area contributed by atoms with Gasteiger partial charge in [0, 0.05) is 37.9 Å². The molecule has 0 bridgehead atoms. The summed E-state index contributed by atoms with van der Waals surface area (Å²) >= 11 is 0. The van der Waals surface area contributed by atoms with Crippen LogP contribution in [0.5, 0.6) is 0 Å². The van der Waals surface area contributed by atoms with E-state index in [1.807, 2.05) is 13.0 Å². The molecule has 1 aliphatic rings. The molecule has 0 aromatic heterocycles. The molecule has 8 heteroatoms. The monoisotopic (exact) mass is 431 g/mol. The molecule has 1 atom stereocenters. The van der Waals surface area contributed by atoms with Crippen LogP contribution in [0, 0.1) is 0 Å². The number of anilines is 1. The lowest BCUT2D eigenvalue weighted by molar-refractivity contribution is 0.0600. The number of para-hydroxylation sites is 1. The number of methoxy groups -OCH3 is 1. The zero-order valence-electron chi connectivity index (χ0n) is 17.5. The maximum Gasteiger partial charge on any atom is 0.337 e. The number of rotatable bonds is 8. The number of piperazine rings is 1. The van der Waals surface area contributed by atoms with Gasteiger partial charge < -0.3 is 9.64 Å². The fourth-order valence-electron chi connectivity index (χ4n) is 3.54. The van der Waals surface area contributed by atoms with Gasteiger partial charge in [0.05, 0.1) is 17.6 Å². The third-order valence-electron chi connectivity index (χ3n) is 5.29. The molecule has 7 nitrogen and oxygen atoms in total. The van der Waals surface area contributed by atoms with E-state index in [0.717, 1.165) is 32.7 Å².